The number of aliphatic hydroxyl groups excluding tert-OH is 4. The van der Waals surface area contributed by atoms with E-state index in [0.29, 0.717) is 12.8 Å². The molecule has 2 heterocycles. The summed E-state index contributed by atoms with van der Waals surface area (Å²) in [6.45, 7) is 0.471. The molecule has 2 saturated heterocycles. The van der Waals surface area contributed by atoms with Gasteiger partial charge in [-0.2, -0.15) is 0 Å². The van der Waals surface area contributed by atoms with Crippen LogP contribution in [0.2, 0.25) is 0 Å². The smallest absolute Gasteiger partial charge is 0.170 e. The van der Waals surface area contributed by atoms with E-state index >= 15 is 0 Å². The molecule has 0 saturated carbocycles. The van der Waals surface area contributed by atoms with Crippen LogP contribution in [0.15, 0.2) is 24.3 Å². The topological polar surface area (TPSA) is 109 Å². The van der Waals surface area contributed by atoms with Crippen LogP contribution in [-0.2, 0) is 14.2 Å². The monoisotopic (exact) mass is 442 g/mol. The third-order valence-corrected chi connectivity index (χ3v) is 5.87. The summed E-state index contributed by atoms with van der Waals surface area (Å²) in [4.78, 5) is 0. The van der Waals surface area contributed by atoms with Crippen molar-refractivity contribution in [1.29, 1.82) is 0 Å². The van der Waals surface area contributed by atoms with Crippen molar-refractivity contribution in [3.8, 4) is 0 Å². The van der Waals surface area contributed by atoms with Gasteiger partial charge < -0.3 is 34.6 Å². The van der Waals surface area contributed by atoms with Crippen LogP contribution in [-0.4, -0.2) is 58.8 Å². The lowest BCUT2D eigenvalue weighted by Crippen LogP contribution is -2.44. The van der Waals surface area contributed by atoms with Crippen molar-refractivity contribution in [3.63, 3.8) is 0 Å². The first-order valence-corrected chi connectivity index (χ1v) is 12.0. The number of ether oxygens (including phenoxy) is 3. The maximum Gasteiger partial charge on any atom is 0.170 e. The van der Waals surface area contributed by atoms with Crippen molar-refractivity contribution in [2.75, 3.05) is 13.2 Å². The van der Waals surface area contributed by atoms with Crippen LogP contribution in [0.1, 0.15) is 77.0 Å². The lowest BCUT2D eigenvalue weighted by atomic mass is 9.96. The number of rotatable bonds is 14. The molecule has 0 aromatic rings. The number of hydrogen-bond acceptors (Lipinski definition) is 7. The standard InChI is InChI=1S/C24H42O7/c25-17-9-5-1-3-7-11-19-13-15-21(27)29-23(19)31-24-20(14-16-22(28)30-24)12-8-4-2-6-10-18-26/h7-8,11-12,19-28H,1-6,9-10,13-18H2. The molecule has 2 rings (SSSR count). The first-order valence-electron chi connectivity index (χ1n) is 12.0. The Hall–Kier alpha value is -0.800. The first-order chi connectivity index (χ1) is 15.1. The molecule has 0 aromatic heterocycles. The molecule has 0 radical (unpaired) electrons. The highest BCUT2D eigenvalue weighted by Crippen LogP contribution is 2.33. The Morgan fingerprint density at radius 1 is 0.645 bits per heavy atom. The first kappa shape index (κ1) is 26.5. The van der Waals surface area contributed by atoms with Crippen molar-refractivity contribution >= 4 is 0 Å². The molecule has 0 aromatic carbocycles. The number of unbranched alkanes of at least 4 members (excludes halogenated alkanes) is 6. The van der Waals surface area contributed by atoms with Crippen LogP contribution in [0.3, 0.4) is 0 Å². The fraction of sp³-hybridized carbons (Fsp3) is 0.833. The van der Waals surface area contributed by atoms with Gasteiger partial charge in [0.15, 0.2) is 25.2 Å². The van der Waals surface area contributed by atoms with E-state index < -0.39 is 25.2 Å². The van der Waals surface area contributed by atoms with Crippen LogP contribution < -0.4 is 0 Å². The fourth-order valence-electron chi connectivity index (χ4n) is 4.01. The van der Waals surface area contributed by atoms with Gasteiger partial charge in [0.1, 0.15) is 0 Å². The van der Waals surface area contributed by atoms with Gasteiger partial charge in [0, 0.05) is 25.0 Å². The van der Waals surface area contributed by atoms with Gasteiger partial charge in [-0.25, -0.2) is 0 Å². The summed E-state index contributed by atoms with van der Waals surface area (Å²) in [6.07, 6.45) is 15.7. The highest BCUT2D eigenvalue weighted by molar-refractivity contribution is 4.95. The van der Waals surface area contributed by atoms with Crippen molar-refractivity contribution < 1.29 is 34.6 Å². The Morgan fingerprint density at radius 2 is 1.10 bits per heavy atom. The average molecular weight is 443 g/mol. The lowest BCUT2D eigenvalue weighted by Gasteiger charge is -2.39. The van der Waals surface area contributed by atoms with Crippen LogP contribution in [0.5, 0.6) is 0 Å². The zero-order chi connectivity index (χ0) is 22.3. The van der Waals surface area contributed by atoms with Gasteiger partial charge in [0.05, 0.1) is 0 Å². The third-order valence-electron chi connectivity index (χ3n) is 5.87. The second-order valence-corrected chi connectivity index (χ2v) is 8.54. The summed E-state index contributed by atoms with van der Waals surface area (Å²) in [6, 6.07) is 0. The van der Waals surface area contributed by atoms with E-state index in [1.54, 1.807) is 0 Å². The fourth-order valence-corrected chi connectivity index (χ4v) is 4.01. The molecule has 0 aliphatic carbocycles. The van der Waals surface area contributed by atoms with E-state index in [0.717, 1.165) is 64.2 Å². The molecule has 0 amide bonds. The van der Waals surface area contributed by atoms with Crippen LogP contribution in [0, 0.1) is 11.8 Å². The molecule has 0 spiro atoms. The number of aliphatic hydroxyl groups is 4. The van der Waals surface area contributed by atoms with E-state index in [9.17, 15) is 10.2 Å². The zero-order valence-electron chi connectivity index (χ0n) is 18.7. The Kier molecular flexibility index (Phi) is 13.6. The zero-order valence-corrected chi connectivity index (χ0v) is 18.7. The molecule has 2 fully saturated rings. The molecular formula is C24H42O7. The molecule has 7 nitrogen and oxygen atoms in total. The summed E-state index contributed by atoms with van der Waals surface area (Å²) >= 11 is 0. The summed E-state index contributed by atoms with van der Waals surface area (Å²) < 4.78 is 17.5. The molecule has 6 atom stereocenters. The molecule has 31 heavy (non-hydrogen) atoms. The second-order valence-electron chi connectivity index (χ2n) is 8.54. The molecule has 4 N–H and O–H groups in total. The SMILES string of the molecule is OCCCCCC=CC1CCC(O)OC1OC1OC(O)CCC1C=CCCCCCO. The normalized spacial score (nSPS) is 32.3. The Bertz CT molecular complexity index is 466. The van der Waals surface area contributed by atoms with Gasteiger partial charge in [0.2, 0.25) is 0 Å². The predicted molar refractivity (Wildman–Crippen MR) is 118 cm³/mol. The largest absolute Gasteiger partial charge is 0.396 e. The molecule has 2 aliphatic rings. The van der Waals surface area contributed by atoms with Gasteiger partial charge in [-0.1, -0.05) is 37.1 Å². The maximum absolute atomic E-state index is 9.99. The minimum Gasteiger partial charge on any atom is -0.396 e. The predicted octanol–water partition coefficient (Wildman–Crippen LogP) is 3.36. The third kappa shape index (κ3) is 10.6. The maximum atomic E-state index is 9.99. The van der Waals surface area contributed by atoms with E-state index in [-0.39, 0.29) is 25.0 Å². The van der Waals surface area contributed by atoms with Gasteiger partial charge in [0.25, 0.3) is 0 Å². The van der Waals surface area contributed by atoms with Gasteiger partial charge >= 0.3 is 0 Å². The lowest BCUT2D eigenvalue weighted by molar-refractivity contribution is -0.348. The Labute approximate surface area is 186 Å². The molecule has 2 aliphatic heterocycles. The Balaban J connectivity index is 1.89. The molecule has 6 unspecified atom stereocenters. The van der Waals surface area contributed by atoms with E-state index in [1.807, 2.05) is 0 Å². The van der Waals surface area contributed by atoms with E-state index in [2.05, 4.69) is 24.3 Å². The van der Waals surface area contributed by atoms with E-state index in [1.165, 1.54) is 0 Å². The van der Waals surface area contributed by atoms with Crippen molar-refractivity contribution in [3.05, 3.63) is 24.3 Å². The molecule has 7 heteroatoms. The minimum absolute atomic E-state index is 0.0204. The van der Waals surface area contributed by atoms with Gasteiger partial charge in [-0.3, -0.25) is 0 Å². The summed E-state index contributed by atoms with van der Waals surface area (Å²) in [5.74, 6) is 0.0408. The highest BCUT2D eigenvalue weighted by atomic mass is 16.8. The van der Waals surface area contributed by atoms with Gasteiger partial charge in [-0.15, -0.1) is 0 Å². The highest BCUT2D eigenvalue weighted by Gasteiger charge is 2.36. The molecular weight excluding hydrogens is 400 g/mol. The second kappa shape index (κ2) is 15.9. The molecule has 0 bridgehead atoms. The average Bonchev–Trinajstić information content (AvgIpc) is 2.75. The van der Waals surface area contributed by atoms with E-state index in [4.69, 9.17) is 24.4 Å². The summed E-state index contributed by atoms with van der Waals surface area (Å²) in [7, 11) is 0. The van der Waals surface area contributed by atoms with Crippen molar-refractivity contribution in [2.24, 2.45) is 11.8 Å². The van der Waals surface area contributed by atoms with Crippen LogP contribution >= 0.6 is 0 Å². The summed E-state index contributed by atoms with van der Waals surface area (Å²) in [5.41, 5.74) is 0. The Morgan fingerprint density at radius 3 is 1.52 bits per heavy atom. The summed E-state index contributed by atoms with van der Waals surface area (Å²) in [5, 5.41) is 37.7. The minimum atomic E-state index is -0.853. The van der Waals surface area contributed by atoms with Gasteiger partial charge in [-0.05, 0) is 64.2 Å². The number of allylic oxidation sites excluding steroid dienone is 2. The van der Waals surface area contributed by atoms with Crippen LogP contribution in [0.25, 0.3) is 0 Å². The quantitative estimate of drug-likeness (QED) is 0.241. The molecule has 180 valence electrons. The van der Waals surface area contributed by atoms with Crippen molar-refractivity contribution in [2.45, 2.75) is 102 Å². The number of hydrogen-bond donors (Lipinski definition) is 4. The van der Waals surface area contributed by atoms with Crippen molar-refractivity contribution in [1.82, 2.24) is 0 Å². The van der Waals surface area contributed by atoms with Crippen LogP contribution in [0.4, 0.5) is 0 Å².